The van der Waals surface area contributed by atoms with E-state index < -0.39 is 11.5 Å². The van der Waals surface area contributed by atoms with Crippen LogP contribution in [0.1, 0.15) is 37.3 Å². The van der Waals surface area contributed by atoms with E-state index in [2.05, 4.69) is 6.07 Å². The molecule has 0 bridgehead atoms. The van der Waals surface area contributed by atoms with Crippen molar-refractivity contribution in [3.63, 3.8) is 0 Å². The largest absolute Gasteiger partial charge is 0.464 e. The smallest absolute Gasteiger partial charge is 0.335 e. The van der Waals surface area contributed by atoms with Gasteiger partial charge in [-0.1, -0.05) is 36.4 Å². The first-order chi connectivity index (χ1) is 11.2. The summed E-state index contributed by atoms with van der Waals surface area (Å²) in [7, 11) is 0. The van der Waals surface area contributed by atoms with Gasteiger partial charge in [-0.25, -0.2) is 4.79 Å². The van der Waals surface area contributed by atoms with Crippen molar-refractivity contribution in [2.75, 3.05) is 19.7 Å². The quantitative estimate of drug-likeness (QED) is 0.489. The Morgan fingerprint density at radius 1 is 1.35 bits per heavy atom. The summed E-state index contributed by atoms with van der Waals surface area (Å²) >= 11 is 0. The van der Waals surface area contributed by atoms with Crippen molar-refractivity contribution in [2.24, 2.45) is 0 Å². The molecule has 1 aromatic carbocycles. The lowest BCUT2D eigenvalue weighted by atomic mass is 9.75. The molecule has 122 valence electrons. The van der Waals surface area contributed by atoms with Gasteiger partial charge >= 0.3 is 5.97 Å². The Hall–Kier alpha value is -1.94. The van der Waals surface area contributed by atoms with Gasteiger partial charge in [0.15, 0.2) is 11.3 Å². The van der Waals surface area contributed by atoms with Crippen molar-refractivity contribution >= 4 is 11.8 Å². The van der Waals surface area contributed by atoms with Gasteiger partial charge in [0.05, 0.1) is 6.61 Å². The number of carbonyl (C=O) groups is 2. The Balaban J connectivity index is 2.22. The van der Waals surface area contributed by atoms with Crippen molar-refractivity contribution in [1.82, 2.24) is 4.90 Å². The molecule has 0 saturated carbocycles. The number of ketones is 1. The van der Waals surface area contributed by atoms with Crippen LogP contribution in [0.4, 0.5) is 0 Å². The van der Waals surface area contributed by atoms with Gasteiger partial charge in [-0.05, 0) is 31.4 Å². The van der Waals surface area contributed by atoms with E-state index in [4.69, 9.17) is 4.74 Å². The Morgan fingerprint density at radius 2 is 2.09 bits per heavy atom. The standard InChI is InChI=1S/C19H23NO3/c1-3-7-16-15-9-6-5-8-14(15)10-12-20-13-11-17(21)19(16,20)18(22)23-4-2/h3,5-9,16H,4,10-13H2,1-2H3/b7-3+. The van der Waals surface area contributed by atoms with Gasteiger partial charge in [0.2, 0.25) is 0 Å². The average molecular weight is 313 g/mol. The van der Waals surface area contributed by atoms with Crippen LogP contribution in [0, 0.1) is 0 Å². The Kier molecular flexibility index (Phi) is 4.35. The molecule has 0 radical (unpaired) electrons. The second kappa shape index (κ2) is 6.28. The number of fused-ring (bicyclic) bond motifs is 2. The Morgan fingerprint density at radius 3 is 2.83 bits per heavy atom. The molecule has 1 saturated heterocycles. The van der Waals surface area contributed by atoms with Gasteiger partial charge in [-0.15, -0.1) is 0 Å². The molecule has 0 amide bonds. The Labute approximate surface area is 137 Å². The second-order valence-corrected chi connectivity index (χ2v) is 6.10. The zero-order chi connectivity index (χ0) is 16.4. The van der Waals surface area contributed by atoms with Gasteiger partial charge in [0.1, 0.15) is 0 Å². The molecule has 0 spiro atoms. The highest BCUT2D eigenvalue weighted by molar-refractivity contribution is 6.11. The number of Topliss-reactive ketones (excluding diaryl/α,β-unsaturated/α-hetero) is 1. The number of nitrogens with zero attached hydrogens (tertiary/aromatic N) is 1. The third-order valence-corrected chi connectivity index (χ3v) is 5.00. The third kappa shape index (κ3) is 2.32. The SMILES string of the molecule is C/C=C/C1c2ccccc2CCN2CCC(=O)C12C(=O)OCC. The van der Waals surface area contributed by atoms with Crippen molar-refractivity contribution in [1.29, 1.82) is 0 Å². The molecule has 4 heteroatoms. The van der Waals surface area contributed by atoms with Crippen molar-refractivity contribution < 1.29 is 14.3 Å². The summed E-state index contributed by atoms with van der Waals surface area (Å²) in [5, 5.41) is 0. The number of ether oxygens (including phenoxy) is 1. The van der Waals surface area contributed by atoms with Crippen LogP contribution in [0.15, 0.2) is 36.4 Å². The van der Waals surface area contributed by atoms with E-state index in [1.807, 2.05) is 42.2 Å². The summed E-state index contributed by atoms with van der Waals surface area (Å²) in [5.41, 5.74) is 1.08. The predicted molar refractivity (Wildman–Crippen MR) is 88.3 cm³/mol. The summed E-state index contributed by atoms with van der Waals surface area (Å²) in [4.78, 5) is 27.9. The first-order valence-corrected chi connectivity index (χ1v) is 8.32. The van der Waals surface area contributed by atoms with Crippen LogP contribution >= 0.6 is 0 Å². The fraction of sp³-hybridized carbons (Fsp3) is 0.474. The van der Waals surface area contributed by atoms with E-state index in [0.29, 0.717) is 19.5 Å². The lowest BCUT2D eigenvalue weighted by Gasteiger charge is -2.38. The molecular formula is C19H23NO3. The molecule has 3 rings (SSSR count). The van der Waals surface area contributed by atoms with Crippen LogP contribution < -0.4 is 0 Å². The fourth-order valence-electron chi connectivity index (χ4n) is 4.03. The fourth-order valence-corrected chi connectivity index (χ4v) is 4.03. The van der Waals surface area contributed by atoms with Gasteiger partial charge in [-0.3, -0.25) is 9.69 Å². The number of benzene rings is 1. The number of hydrogen-bond acceptors (Lipinski definition) is 4. The minimum absolute atomic E-state index is 0.0178. The van der Waals surface area contributed by atoms with Crippen molar-refractivity contribution in [2.45, 2.75) is 38.1 Å². The van der Waals surface area contributed by atoms with E-state index in [-0.39, 0.29) is 18.3 Å². The van der Waals surface area contributed by atoms with Crippen molar-refractivity contribution in [3.05, 3.63) is 47.5 Å². The minimum Gasteiger partial charge on any atom is -0.464 e. The molecule has 1 fully saturated rings. The third-order valence-electron chi connectivity index (χ3n) is 5.00. The monoisotopic (exact) mass is 313 g/mol. The molecule has 23 heavy (non-hydrogen) atoms. The number of rotatable bonds is 3. The number of allylic oxidation sites excluding steroid dienone is 1. The minimum atomic E-state index is -1.20. The van der Waals surface area contributed by atoms with Crippen LogP contribution in [0.25, 0.3) is 0 Å². The predicted octanol–water partition coefficient (Wildman–Crippen LogP) is 2.48. The van der Waals surface area contributed by atoms with E-state index in [0.717, 1.165) is 12.0 Å². The maximum Gasteiger partial charge on any atom is 0.335 e. The van der Waals surface area contributed by atoms with E-state index >= 15 is 0 Å². The molecule has 0 N–H and O–H groups in total. The highest BCUT2D eigenvalue weighted by atomic mass is 16.5. The normalized spacial score (nSPS) is 27.6. The highest BCUT2D eigenvalue weighted by Crippen LogP contribution is 2.44. The van der Waals surface area contributed by atoms with Crippen LogP contribution in [-0.4, -0.2) is 41.9 Å². The first kappa shape index (κ1) is 15.9. The topological polar surface area (TPSA) is 46.6 Å². The van der Waals surface area contributed by atoms with E-state index in [1.54, 1.807) is 6.92 Å². The van der Waals surface area contributed by atoms with E-state index in [9.17, 15) is 9.59 Å². The second-order valence-electron chi connectivity index (χ2n) is 6.10. The zero-order valence-electron chi connectivity index (χ0n) is 13.7. The van der Waals surface area contributed by atoms with Crippen molar-refractivity contribution in [3.8, 4) is 0 Å². The molecule has 0 aliphatic carbocycles. The van der Waals surface area contributed by atoms with Crippen LogP contribution in [0.5, 0.6) is 0 Å². The summed E-state index contributed by atoms with van der Waals surface area (Å²) in [5.74, 6) is -0.710. The van der Waals surface area contributed by atoms with E-state index in [1.165, 1.54) is 5.56 Å². The lowest BCUT2D eigenvalue weighted by molar-refractivity contribution is -0.160. The number of esters is 1. The van der Waals surface area contributed by atoms with Gasteiger partial charge in [0, 0.05) is 25.4 Å². The summed E-state index contributed by atoms with van der Waals surface area (Å²) in [6.07, 6.45) is 5.17. The molecule has 2 aliphatic rings. The highest BCUT2D eigenvalue weighted by Gasteiger charge is 2.60. The number of carbonyl (C=O) groups excluding carboxylic acids is 2. The summed E-state index contributed by atoms with van der Waals surface area (Å²) < 4.78 is 5.37. The van der Waals surface area contributed by atoms with Gasteiger partial charge in [-0.2, -0.15) is 0 Å². The number of hydrogen-bond donors (Lipinski definition) is 0. The first-order valence-electron chi connectivity index (χ1n) is 8.32. The van der Waals surface area contributed by atoms with Crippen LogP contribution in [-0.2, 0) is 20.7 Å². The average Bonchev–Trinajstić information content (AvgIpc) is 2.81. The summed E-state index contributed by atoms with van der Waals surface area (Å²) in [6, 6.07) is 8.12. The molecular weight excluding hydrogens is 290 g/mol. The lowest BCUT2D eigenvalue weighted by Crippen LogP contribution is -2.59. The maximum atomic E-state index is 12.9. The van der Waals surface area contributed by atoms with Gasteiger partial charge < -0.3 is 4.74 Å². The molecule has 2 unspecified atom stereocenters. The molecule has 2 atom stereocenters. The van der Waals surface area contributed by atoms with Crippen LogP contribution in [0.3, 0.4) is 0 Å². The maximum absolute atomic E-state index is 12.9. The molecule has 4 nitrogen and oxygen atoms in total. The van der Waals surface area contributed by atoms with Gasteiger partial charge in [0.25, 0.3) is 0 Å². The Bertz CT molecular complexity index is 652. The summed E-state index contributed by atoms with van der Waals surface area (Å²) in [6.45, 7) is 5.32. The molecule has 2 heterocycles. The zero-order valence-corrected chi connectivity index (χ0v) is 13.7. The molecule has 2 aliphatic heterocycles. The molecule has 0 aromatic heterocycles. The van der Waals surface area contributed by atoms with Crippen LogP contribution in [0.2, 0.25) is 0 Å². The molecule has 1 aromatic rings.